The highest BCUT2D eigenvalue weighted by Gasteiger charge is 1.64. The van der Waals surface area contributed by atoms with E-state index in [-0.39, 0.29) is 0 Å². The molecule has 0 unspecified atom stereocenters. The van der Waals surface area contributed by atoms with E-state index in [0.29, 0.717) is 0 Å². The number of hydrogen-bond acceptors (Lipinski definition) is 3. The average Bonchev–Trinajstić information content (AvgIpc) is 1.36. The number of nitrogens with two attached hydrogens (primary N) is 1. The summed E-state index contributed by atoms with van der Waals surface area (Å²) >= 11 is 0. The molecule has 7 heavy (non-hydrogen) atoms. The third-order valence-corrected chi connectivity index (χ3v) is 0. The van der Waals surface area contributed by atoms with Crippen molar-refractivity contribution < 1.29 is 18.7 Å². The highest BCUT2D eigenvalue weighted by atomic mass is 32.2. The second-order valence-electron chi connectivity index (χ2n) is 0.493. The maximum Gasteiger partial charge on any atom is 0.156 e. The molecule has 5 nitrogen and oxygen atoms in total. The predicted octanol–water partition coefficient (Wildman–Crippen LogP) is -2.74. The van der Waals surface area contributed by atoms with Crippen LogP contribution in [0.5, 0.6) is 0 Å². The maximum atomic E-state index is 8.85. The monoisotopic (exact) mass is 128 g/mol. The molecule has 0 aliphatic carbocycles. The van der Waals surface area contributed by atoms with Crippen molar-refractivity contribution in [3.63, 3.8) is 0 Å². The van der Waals surface area contributed by atoms with Gasteiger partial charge in [0, 0.05) is 0 Å². The third-order valence-electron chi connectivity index (χ3n) is 0. The normalized spacial score (nSPS) is 9.14. The van der Waals surface area contributed by atoms with E-state index < -0.39 is 10.3 Å². The minimum atomic E-state index is -4.42. The lowest BCUT2D eigenvalue weighted by molar-refractivity contribution is -0.325. The molecule has 0 heterocycles. The first-order chi connectivity index (χ1) is 3.00. The fourth-order valence-corrected chi connectivity index (χ4v) is 0. The molecule has 0 bridgehead atoms. The standard InChI is InChI=1S/CH5N.H3NO3S/c1-2;1-5(2,3)4/h2H2,1H3;(H3,1,2,3,4). The molecule has 0 aliphatic heterocycles. The Morgan fingerprint density at radius 2 is 1.57 bits per heavy atom. The zero-order chi connectivity index (χ0) is 6.50. The molecule has 0 spiro atoms. The highest BCUT2D eigenvalue weighted by Crippen LogP contribution is 1.49. The molecule has 0 aliphatic rings. The van der Waals surface area contributed by atoms with Crippen LogP contribution in [0.1, 0.15) is 0 Å². The van der Waals surface area contributed by atoms with Crippen molar-refractivity contribution in [1.82, 2.24) is 0 Å². The summed E-state index contributed by atoms with van der Waals surface area (Å²) in [5.41, 5.74) is 3.25. The summed E-state index contributed by atoms with van der Waals surface area (Å²) in [5.74, 6) is 0. The molecule has 5 N–H and O–H groups in total. The Hall–Kier alpha value is -0.170. The predicted molar refractivity (Wildman–Crippen MR) is 22.7 cm³/mol. The van der Waals surface area contributed by atoms with E-state index in [1.165, 1.54) is 0 Å². The van der Waals surface area contributed by atoms with Crippen molar-refractivity contribution in [1.29, 1.82) is 0 Å². The van der Waals surface area contributed by atoms with Gasteiger partial charge in [-0.1, -0.05) is 0 Å². The molecule has 0 atom stereocenters. The summed E-state index contributed by atoms with van der Waals surface area (Å²) in [6.07, 6.45) is 0. The maximum absolute atomic E-state index is 8.85. The number of rotatable bonds is 0. The molecular formula is CH8N2O3S. The van der Waals surface area contributed by atoms with Gasteiger partial charge in [-0.2, -0.15) is 0 Å². The Morgan fingerprint density at radius 1 is 1.57 bits per heavy atom. The fraction of sp³-hybridized carbons (Fsp3) is 1.00. The molecule has 46 valence electrons. The molecule has 0 amide bonds. The van der Waals surface area contributed by atoms with Crippen LogP contribution in [0.25, 0.3) is 0 Å². The van der Waals surface area contributed by atoms with Gasteiger partial charge in [-0.3, -0.25) is 0 Å². The van der Waals surface area contributed by atoms with Gasteiger partial charge in [0.25, 0.3) is 0 Å². The van der Waals surface area contributed by atoms with Crippen molar-refractivity contribution in [2.24, 2.45) is 5.14 Å². The van der Waals surface area contributed by atoms with Crippen molar-refractivity contribution in [3.8, 4) is 0 Å². The fourth-order valence-electron chi connectivity index (χ4n) is 0. The molecule has 0 aromatic carbocycles. The van der Waals surface area contributed by atoms with Gasteiger partial charge in [0.2, 0.25) is 0 Å². The van der Waals surface area contributed by atoms with Crippen LogP contribution < -0.4 is 10.9 Å². The summed E-state index contributed by atoms with van der Waals surface area (Å²) in [5, 5.41) is 3.77. The average molecular weight is 128 g/mol. The first kappa shape index (κ1) is 9.95. The third kappa shape index (κ3) is 2960. The molecule has 0 rings (SSSR count). The van der Waals surface area contributed by atoms with Crippen LogP contribution in [0, 0.1) is 0 Å². The van der Waals surface area contributed by atoms with E-state index >= 15 is 0 Å². The van der Waals surface area contributed by atoms with Crippen LogP contribution in [-0.2, 0) is 10.3 Å². The van der Waals surface area contributed by atoms with Crippen LogP contribution in [0.3, 0.4) is 0 Å². The lowest BCUT2D eigenvalue weighted by Crippen LogP contribution is -2.40. The van der Waals surface area contributed by atoms with Crippen LogP contribution in [0.15, 0.2) is 0 Å². The highest BCUT2D eigenvalue weighted by molar-refractivity contribution is 7.83. The molecular weight excluding hydrogens is 120 g/mol. The SMILES string of the molecule is C[NH3+].NS(=O)(=O)[O-]. The Balaban J connectivity index is 0. The summed E-state index contributed by atoms with van der Waals surface area (Å²) in [7, 11) is -2.67. The minimum Gasteiger partial charge on any atom is -0.736 e. The van der Waals surface area contributed by atoms with Gasteiger partial charge in [0.05, 0.1) is 7.05 Å². The Bertz CT molecular complexity index is 96.1. The molecule has 0 aromatic heterocycles. The zero-order valence-electron chi connectivity index (χ0n) is 3.92. The van der Waals surface area contributed by atoms with Crippen molar-refractivity contribution in [3.05, 3.63) is 0 Å². The summed E-state index contributed by atoms with van der Waals surface area (Å²) < 4.78 is 26.6. The molecule has 0 radical (unpaired) electrons. The van der Waals surface area contributed by atoms with Gasteiger partial charge in [-0.25, -0.2) is 13.6 Å². The molecule has 0 aromatic rings. The second kappa shape index (κ2) is 4.00. The Labute approximate surface area is 42.2 Å². The number of hydrogen-bond donors (Lipinski definition) is 2. The summed E-state index contributed by atoms with van der Waals surface area (Å²) in [6.45, 7) is 0. The van der Waals surface area contributed by atoms with E-state index in [9.17, 15) is 0 Å². The lowest BCUT2D eigenvalue weighted by Gasteiger charge is -1.90. The quantitative estimate of drug-likeness (QED) is 0.345. The van der Waals surface area contributed by atoms with E-state index in [1.54, 1.807) is 7.05 Å². The number of quaternary nitrogens is 1. The van der Waals surface area contributed by atoms with Gasteiger partial charge in [0.15, 0.2) is 10.3 Å². The van der Waals surface area contributed by atoms with Gasteiger partial charge in [-0.05, 0) is 0 Å². The van der Waals surface area contributed by atoms with E-state index in [2.05, 4.69) is 10.9 Å². The largest absolute Gasteiger partial charge is 0.736 e. The minimum absolute atomic E-state index is 1.75. The van der Waals surface area contributed by atoms with Crippen molar-refractivity contribution in [2.75, 3.05) is 7.05 Å². The topological polar surface area (TPSA) is 111 Å². The van der Waals surface area contributed by atoms with Crippen LogP contribution in [0.2, 0.25) is 0 Å². The summed E-state index contributed by atoms with van der Waals surface area (Å²) in [6, 6.07) is 0. The van der Waals surface area contributed by atoms with Crippen molar-refractivity contribution >= 4 is 10.3 Å². The van der Waals surface area contributed by atoms with Crippen LogP contribution in [-0.4, -0.2) is 20.0 Å². The Morgan fingerprint density at radius 3 is 1.57 bits per heavy atom. The second-order valence-corrected chi connectivity index (χ2v) is 1.48. The summed E-state index contributed by atoms with van der Waals surface area (Å²) in [4.78, 5) is 0. The molecule has 0 fully saturated rings. The smallest absolute Gasteiger partial charge is 0.156 e. The lowest BCUT2D eigenvalue weighted by atomic mass is 11.6. The van der Waals surface area contributed by atoms with Crippen LogP contribution in [0.4, 0.5) is 0 Å². The van der Waals surface area contributed by atoms with Crippen LogP contribution >= 0.6 is 0 Å². The first-order valence-corrected chi connectivity index (χ1v) is 2.91. The zero-order valence-corrected chi connectivity index (χ0v) is 4.73. The Kier molecular flexibility index (Phi) is 5.69. The van der Waals surface area contributed by atoms with Crippen molar-refractivity contribution in [2.45, 2.75) is 0 Å². The first-order valence-electron chi connectivity index (χ1n) is 1.44. The van der Waals surface area contributed by atoms with E-state index in [0.717, 1.165) is 0 Å². The molecule has 0 saturated heterocycles. The van der Waals surface area contributed by atoms with Gasteiger partial charge in [0.1, 0.15) is 0 Å². The van der Waals surface area contributed by atoms with E-state index in [1.807, 2.05) is 0 Å². The molecule has 0 saturated carbocycles. The van der Waals surface area contributed by atoms with E-state index in [4.69, 9.17) is 13.0 Å². The molecule has 6 heteroatoms. The van der Waals surface area contributed by atoms with Gasteiger partial charge < -0.3 is 10.3 Å². The van der Waals surface area contributed by atoms with Gasteiger partial charge >= 0.3 is 0 Å². The van der Waals surface area contributed by atoms with Gasteiger partial charge in [-0.15, -0.1) is 0 Å².